The standard InChI is InChI=1S/C14H14N2O2/c17-11-6-4-9(5-7-11)14(18)16-15-13-8-10-2-1-3-12(10)13/h1,3-7,10,12,17H,2,8H2,(H,16,18)/b15-13-/t10-,12+/m0/s1. The third kappa shape index (κ3) is 1.90. The Bertz CT molecular complexity index is 531. The molecule has 0 aromatic heterocycles. The highest BCUT2D eigenvalue weighted by molar-refractivity contribution is 5.98. The molecule has 1 aromatic rings. The molecule has 4 nitrogen and oxygen atoms in total. The van der Waals surface area contributed by atoms with Gasteiger partial charge in [0.1, 0.15) is 5.75 Å². The van der Waals surface area contributed by atoms with Crippen LogP contribution in [0.4, 0.5) is 0 Å². The van der Waals surface area contributed by atoms with E-state index in [1.165, 1.54) is 12.1 Å². The van der Waals surface area contributed by atoms with Crippen molar-refractivity contribution in [2.45, 2.75) is 12.8 Å². The highest BCUT2D eigenvalue weighted by atomic mass is 16.3. The number of allylic oxidation sites excluding steroid dienone is 2. The van der Waals surface area contributed by atoms with E-state index in [2.05, 4.69) is 22.7 Å². The minimum Gasteiger partial charge on any atom is -0.508 e. The van der Waals surface area contributed by atoms with E-state index in [-0.39, 0.29) is 11.7 Å². The van der Waals surface area contributed by atoms with Crippen molar-refractivity contribution in [3.8, 4) is 5.75 Å². The fourth-order valence-electron chi connectivity index (χ4n) is 2.46. The van der Waals surface area contributed by atoms with Gasteiger partial charge in [0.2, 0.25) is 0 Å². The topological polar surface area (TPSA) is 61.7 Å². The first-order chi connectivity index (χ1) is 8.74. The van der Waals surface area contributed by atoms with Gasteiger partial charge in [-0.1, -0.05) is 12.2 Å². The number of amides is 1. The number of aromatic hydroxyl groups is 1. The van der Waals surface area contributed by atoms with Crippen molar-refractivity contribution in [3.63, 3.8) is 0 Å². The van der Waals surface area contributed by atoms with Crippen molar-refractivity contribution >= 4 is 11.6 Å². The highest BCUT2D eigenvalue weighted by Gasteiger charge is 2.37. The normalized spacial score (nSPS) is 26.8. The molecular formula is C14H14N2O2. The van der Waals surface area contributed by atoms with Crippen molar-refractivity contribution in [1.82, 2.24) is 5.43 Å². The van der Waals surface area contributed by atoms with E-state index in [1.807, 2.05) is 0 Å². The van der Waals surface area contributed by atoms with Gasteiger partial charge in [-0.25, -0.2) is 5.43 Å². The Labute approximate surface area is 105 Å². The third-order valence-corrected chi connectivity index (χ3v) is 3.58. The molecule has 0 bridgehead atoms. The molecule has 2 aliphatic carbocycles. The molecule has 2 aliphatic rings. The monoisotopic (exact) mass is 242 g/mol. The number of nitrogens with zero attached hydrogens (tertiary/aromatic N) is 1. The van der Waals surface area contributed by atoms with Crippen LogP contribution in [0.3, 0.4) is 0 Å². The van der Waals surface area contributed by atoms with Crippen LogP contribution in [-0.2, 0) is 0 Å². The first kappa shape index (κ1) is 11.0. The summed E-state index contributed by atoms with van der Waals surface area (Å²) in [4.78, 5) is 11.8. The molecule has 4 heteroatoms. The Morgan fingerprint density at radius 1 is 1.33 bits per heavy atom. The summed E-state index contributed by atoms with van der Waals surface area (Å²) in [7, 11) is 0. The van der Waals surface area contributed by atoms with Crippen LogP contribution in [0.25, 0.3) is 0 Å². The summed E-state index contributed by atoms with van der Waals surface area (Å²) in [6.07, 6.45) is 6.46. The van der Waals surface area contributed by atoms with Crippen LogP contribution >= 0.6 is 0 Å². The second kappa shape index (κ2) is 4.29. The molecule has 1 fully saturated rings. The molecule has 18 heavy (non-hydrogen) atoms. The number of rotatable bonds is 2. The van der Waals surface area contributed by atoms with Gasteiger partial charge in [0, 0.05) is 17.2 Å². The molecule has 3 rings (SSSR count). The second-order valence-corrected chi connectivity index (χ2v) is 4.74. The predicted octanol–water partition coefficient (Wildman–Crippen LogP) is 2.07. The van der Waals surface area contributed by atoms with Crippen LogP contribution in [-0.4, -0.2) is 16.7 Å². The molecule has 0 heterocycles. The number of hydrogen-bond acceptors (Lipinski definition) is 3. The van der Waals surface area contributed by atoms with Gasteiger partial charge in [-0.15, -0.1) is 0 Å². The maximum absolute atomic E-state index is 11.8. The number of phenolic OH excluding ortho intramolecular Hbond substituents is 1. The summed E-state index contributed by atoms with van der Waals surface area (Å²) >= 11 is 0. The highest BCUT2D eigenvalue weighted by Crippen LogP contribution is 2.40. The summed E-state index contributed by atoms with van der Waals surface area (Å²) in [6.45, 7) is 0. The van der Waals surface area contributed by atoms with E-state index >= 15 is 0 Å². The van der Waals surface area contributed by atoms with Crippen LogP contribution in [0.2, 0.25) is 0 Å². The molecule has 0 spiro atoms. The quantitative estimate of drug-likeness (QED) is 0.616. The van der Waals surface area contributed by atoms with Gasteiger partial charge in [-0.2, -0.15) is 5.10 Å². The largest absolute Gasteiger partial charge is 0.508 e. The zero-order chi connectivity index (χ0) is 12.5. The molecule has 0 unspecified atom stereocenters. The lowest BCUT2D eigenvalue weighted by Gasteiger charge is -2.31. The molecular weight excluding hydrogens is 228 g/mol. The number of hydrogen-bond donors (Lipinski definition) is 2. The van der Waals surface area contributed by atoms with E-state index < -0.39 is 0 Å². The van der Waals surface area contributed by atoms with E-state index in [4.69, 9.17) is 5.11 Å². The maximum atomic E-state index is 11.8. The Kier molecular flexibility index (Phi) is 2.63. The summed E-state index contributed by atoms with van der Waals surface area (Å²) < 4.78 is 0. The number of carbonyl (C=O) groups excluding carboxylic acids is 1. The first-order valence-electron chi connectivity index (χ1n) is 6.06. The summed E-state index contributed by atoms with van der Waals surface area (Å²) in [6, 6.07) is 6.12. The van der Waals surface area contributed by atoms with Gasteiger partial charge < -0.3 is 5.11 Å². The molecule has 2 N–H and O–H groups in total. The lowest BCUT2D eigenvalue weighted by atomic mass is 9.74. The van der Waals surface area contributed by atoms with Gasteiger partial charge in [0.05, 0.1) is 0 Å². The molecule has 0 aliphatic heterocycles. The van der Waals surface area contributed by atoms with Gasteiger partial charge in [-0.3, -0.25) is 4.79 Å². The van der Waals surface area contributed by atoms with Crippen LogP contribution < -0.4 is 5.43 Å². The van der Waals surface area contributed by atoms with Gasteiger partial charge >= 0.3 is 0 Å². The number of benzene rings is 1. The molecule has 0 saturated heterocycles. The minimum atomic E-state index is -0.243. The van der Waals surface area contributed by atoms with E-state index in [0.717, 1.165) is 18.6 Å². The Hall–Kier alpha value is -2.10. The molecule has 92 valence electrons. The lowest BCUT2D eigenvalue weighted by Crippen LogP contribution is -2.35. The number of phenols is 1. The number of carbonyl (C=O) groups is 1. The van der Waals surface area contributed by atoms with Gasteiger partial charge in [0.25, 0.3) is 5.91 Å². The van der Waals surface area contributed by atoms with Crippen LogP contribution in [0.5, 0.6) is 5.75 Å². The van der Waals surface area contributed by atoms with Gasteiger partial charge in [-0.05, 0) is 43.0 Å². The zero-order valence-corrected chi connectivity index (χ0v) is 9.84. The van der Waals surface area contributed by atoms with Crippen molar-refractivity contribution in [2.24, 2.45) is 16.9 Å². The maximum Gasteiger partial charge on any atom is 0.271 e. The number of hydrazone groups is 1. The van der Waals surface area contributed by atoms with Crippen molar-refractivity contribution < 1.29 is 9.90 Å². The average Bonchev–Trinajstić information content (AvgIpc) is 2.72. The summed E-state index contributed by atoms with van der Waals surface area (Å²) in [5.41, 5.74) is 4.12. The van der Waals surface area contributed by atoms with Crippen LogP contribution in [0.1, 0.15) is 23.2 Å². The number of fused-ring (bicyclic) bond motifs is 1. The average molecular weight is 242 g/mol. The Morgan fingerprint density at radius 3 is 2.83 bits per heavy atom. The van der Waals surface area contributed by atoms with Crippen LogP contribution in [0, 0.1) is 11.8 Å². The Balaban J connectivity index is 1.63. The molecule has 1 amide bonds. The summed E-state index contributed by atoms with van der Waals surface area (Å²) in [5.74, 6) is 1.04. The Morgan fingerprint density at radius 2 is 2.11 bits per heavy atom. The molecule has 2 atom stereocenters. The van der Waals surface area contributed by atoms with Gasteiger partial charge in [0.15, 0.2) is 0 Å². The van der Waals surface area contributed by atoms with Crippen molar-refractivity contribution in [2.75, 3.05) is 0 Å². The lowest BCUT2D eigenvalue weighted by molar-refractivity contribution is 0.0954. The first-order valence-corrected chi connectivity index (χ1v) is 6.06. The number of nitrogens with one attached hydrogen (secondary N) is 1. The third-order valence-electron chi connectivity index (χ3n) is 3.58. The fourth-order valence-corrected chi connectivity index (χ4v) is 2.46. The van der Waals surface area contributed by atoms with Crippen LogP contribution in [0.15, 0.2) is 41.5 Å². The summed E-state index contributed by atoms with van der Waals surface area (Å²) in [5, 5.41) is 13.3. The molecule has 1 saturated carbocycles. The molecule has 1 aromatic carbocycles. The SMILES string of the molecule is O=C(N/N=C1/C[C@@H]2CC=C[C@@H]12)c1ccc(O)cc1. The van der Waals surface area contributed by atoms with E-state index in [9.17, 15) is 4.79 Å². The fraction of sp³-hybridized carbons (Fsp3) is 0.286. The predicted molar refractivity (Wildman–Crippen MR) is 68.4 cm³/mol. The minimum absolute atomic E-state index is 0.149. The molecule has 0 radical (unpaired) electrons. The van der Waals surface area contributed by atoms with E-state index in [0.29, 0.717) is 17.4 Å². The zero-order valence-electron chi connectivity index (χ0n) is 9.84. The van der Waals surface area contributed by atoms with Crippen molar-refractivity contribution in [1.29, 1.82) is 0 Å². The second-order valence-electron chi connectivity index (χ2n) is 4.74. The van der Waals surface area contributed by atoms with E-state index in [1.54, 1.807) is 12.1 Å². The van der Waals surface area contributed by atoms with Crippen molar-refractivity contribution in [3.05, 3.63) is 42.0 Å². The smallest absolute Gasteiger partial charge is 0.271 e.